The first-order valence-electron chi connectivity index (χ1n) is 11.6. The summed E-state index contributed by atoms with van der Waals surface area (Å²) in [6.07, 6.45) is 3.09. The minimum Gasteiger partial charge on any atom is -0.494 e. The summed E-state index contributed by atoms with van der Waals surface area (Å²) in [6.45, 7) is 1.10. The maximum Gasteiger partial charge on any atom is 0.235 e. The molecule has 184 valence electrons. The molecule has 0 aliphatic carbocycles. The lowest BCUT2D eigenvalue weighted by Crippen LogP contribution is -2.47. The predicted octanol–water partition coefficient (Wildman–Crippen LogP) is 3.03. The molecule has 1 saturated heterocycles. The molecule has 3 aromatic rings. The Bertz CT molecular complexity index is 1240. The molecule has 2 aromatic heterocycles. The zero-order valence-electron chi connectivity index (χ0n) is 19.4. The molecule has 0 bridgehead atoms. The summed E-state index contributed by atoms with van der Waals surface area (Å²) in [5.74, 6) is 1.26. The smallest absolute Gasteiger partial charge is 0.235 e. The van der Waals surface area contributed by atoms with Crippen LogP contribution in [0.1, 0.15) is 24.1 Å². The first-order valence-corrected chi connectivity index (χ1v) is 12.6. The van der Waals surface area contributed by atoms with E-state index in [1.807, 2.05) is 30.3 Å². The Morgan fingerprint density at radius 2 is 2.23 bits per heavy atom. The van der Waals surface area contributed by atoms with Crippen molar-refractivity contribution < 1.29 is 18.7 Å². The molecule has 2 aliphatic rings. The van der Waals surface area contributed by atoms with E-state index in [0.29, 0.717) is 53.4 Å². The lowest BCUT2D eigenvalue weighted by molar-refractivity contribution is -0.113. The van der Waals surface area contributed by atoms with Crippen LogP contribution in [0.5, 0.6) is 5.75 Å². The highest BCUT2D eigenvalue weighted by molar-refractivity contribution is 8.00. The standard InChI is InChI=1S/C25H28FN5O3S/c1-33-21-4-2-3-16-17(18(26)11-29-24(16)21)9-19(27)20-7-5-15(12-34-20)28-10-14-6-8-22-25(30-14)31-23(32)13-35-22/h2-4,6,8,11,15,19-20,28H,5,7,9-10,12-13,27H2,1H3,(H,30,31,32)/t15-,19+,20+/m1/s1. The summed E-state index contributed by atoms with van der Waals surface area (Å²) in [5, 5.41) is 7.01. The first kappa shape index (κ1) is 23.9. The van der Waals surface area contributed by atoms with Gasteiger partial charge in [0, 0.05) is 29.6 Å². The van der Waals surface area contributed by atoms with Crippen LogP contribution in [0.2, 0.25) is 0 Å². The zero-order valence-corrected chi connectivity index (χ0v) is 20.2. The highest BCUT2D eigenvalue weighted by Crippen LogP contribution is 2.30. The minimum atomic E-state index is -0.372. The summed E-state index contributed by atoms with van der Waals surface area (Å²) in [7, 11) is 1.57. The number of nitrogens with zero attached hydrogens (tertiary/aromatic N) is 2. The van der Waals surface area contributed by atoms with E-state index < -0.39 is 0 Å². The second-order valence-electron chi connectivity index (χ2n) is 8.82. The number of hydrogen-bond donors (Lipinski definition) is 3. The first-order chi connectivity index (χ1) is 17.0. The van der Waals surface area contributed by atoms with Crippen molar-refractivity contribution >= 4 is 34.4 Å². The van der Waals surface area contributed by atoms with Gasteiger partial charge in [0.2, 0.25) is 5.91 Å². The number of para-hydroxylation sites is 1. The van der Waals surface area contributed by atoms with Crippen molar-refractivity contribution in [1.82, 2.24) is 15.3 Å². The Morgan fingerprint density at radius 1 is 1.34 bits per heavy atom. The Hall–Kier alpha value is -2.79. The highest BCUT2D eigenvalue weighted by Gasteiger charge is 2.28. The highest BCUT2D eigenvalue weighted by atomic mass is 32.2. The third-order valence-corrected chi connectivity index (χ3v) is 7.52. The molecule has 3 atom stereocenters. The molecule has 2 aliphatic heterocycles. The van der Waals surface area contributed by atoms with Crippen molar-refractivity contribution in [1.29, 1.82) is 0 Å². The number of benzene rings is 1. The monoisotopic (exact) mass is 497 g/mol. The molecule has 0 unspecified atom stereocenters. The van der Waals surface area contributed by atoms with E-state index in [-0.39, 0.29) is 29.9 Å². The molecule has 0 radical (unpaired) electrons. The fraction of sp³-hybridized carbons (Fsp3) is 0.400. The molecule has 1 fully saturated rings. The largest absolute Gasteiger partial charge is 0.494 e. The number of carbonyl (C=O) groups excluding carboxylic acids is 1. The Kier molecular flexibility index (Phi) is 7.14. The quantitative estimate of drug-likeness (QED) is 0.457. The van der Waals surface area contributed by atoms with Gasteiger partial charge in [0.25, 0.3) is 0 Å². The number of halogens is 1. The van der Waals surface area contributed by atoms with Crippen LogP contribution in [0.15, 0.2) is 41.4 Å². The fourth-order valence-electron chi connectivity index (χ4n) is 4.59. The zero-order chi connectivity index (χ0) is 24.4. The van der Waals surface area contributed by atoms with Gasteiger partial charge in [0.15, 0.2) is 0 Å². The molecule has 4 N–H and O–H groups in total. The number of nitrogens with one attached hydrogen (secondary N) is 2. The van der Waals surface area contributed by atoms with E-state index >= 15 is 0 Å². The Morgan fingerprint density at radius 3 is 3.03 bits per heavy atom. The molecule has 0 saturated carbocycles. The molecule has 0 spiro atoms. The van der Waals surface area contributed by atoms with Crippen LogP contribution in [0.25, 0.3) is 10.9 Å². The maximum atomic E-state index is 14.7. The summed E-state index contributed by atoms with van der Waals surface area (Å²) in [4.78, 5) is 21.4. The van der Waals surface area contributed by atoms with Crippen LogP contribution in [0.4, 0.5) is 10.2 Å². The molecular weight excluding hydrogens is 469 g/mol. The van der Waals surface area contributed by atoms with E-state index in [1.54, 1.807) is 7.11 Å². The van der Waals surface area contributed by atoms with Crippen LogP contribution in [0, 0.1) is 5.82 Å². The number of rotatable bonds is 7. The van der Waals surface area contributed by atoms with Crippen LogP contribution < -0.4 is 21.1 Å². The van der Waals surface area contributed by atoms with Gasteiger partial charge >= 0.3 is 0 Å². The molecule has 5 rings (SSSR count). The number of ether oxygens (including phenoxy) is 2. The van der Waals surface area contributed by atoms with Crippen molar-refractivity contribution in [2.75, 3.05) is 24.8 Å². The van der Waals surface area contributed by atoms with Gasteiger partial charge in [-0.2, -0.15) is 0 Å². The van der Waals surface area contributed by atoms with Gasteiger partial charge in [-0.3, -0.25) is 4.79 Å². The average Bonchev–Trinajstić information content (AvgIpc) is 2.88. The maximum absolute atomic E-state index is 14.7. The van der Waals surface area contributed by atoms with Crippen LogP contribution in [-0.4, -0.2) is 53.5 Å². The van der Waals surface area contributed by atoms with Crippen molar-refractivity contribution in [3.05, 3.63) is 53.6 Å². The van der Waals surface area contributed by atoms with E-state index in [1.165, 1.54) is 18.0 Å². The number of hydrogen-bond acceptors (Lipinski definition) is 8. The normalized spacial score (nSPS) is 20.8. The van der Waals surface area contributed by atoms with Crippen molar-refractivity contribution in [3.63, 3.8) is 0 Å². The third kappa shape index (κ3) is 5.25. The average molecular weight is 498 g/mol. The number of carbonyl (C=O) groups is 1. The molecule has 10 heteroatoms. The summed E-state index contributed by atoms with van der Waals surface area (Å²) >= 11 is 1.50. The van der Waals surface area contributed by atoms with Crippen LogP contribution >= 0.6 is 11.8 Å². The number of anilines is 1. The second kappa shape index (κ2) is 10.4. The van der Waals surface area contributed by atoms with Gasteiger partial charge in [0.05, 0.1) is 42.4 Å². The minimum absolute atomic E-state index is 0.0260. The molecular formula is C25H28FN5O3S. The van der Waals surface area contributed by atoms with Gasteiger partial charge in [-0.15, -0.1) is 11.8 Å². The van der Waals surface area contributed by atoms with Crippen LogP contribution in [0.3, 0.4) is 0 Å². The number of aromatic nitrogens is 2. The topological polar surface area (TPSA) is 111 Å². The number of fused-ring (bicyclic) bond motifs is 2. The van der Waals surface area contributed by atoms with Crippen LogP contribution in [-0.2, 0) is 22.5 Å². The van der Waals surface area contributed by atoms with Gasteiger partial charge in [-0.1, -0.05) is 12.1 Å². The SMILES string of the molecule is COc1cccc2c(C[C@H](N)[C@@H]3CC[C@@H](NCc4ccc5c(n4)NC(=O)CS5)CO3)c(F)cnc12. The Balaban J connectivity index is 1.17. The molecule has 8 nitrogen and oxygen atoms in total. The third-order valence-electron chi connectivity index (χ3n) is 6.47. The van der Waals surface area contributed by atoms with Crippen molar-refractivity contribution in [2.45, 2.75) is 48.9 Å². The summed E-state index contributed by atoms with van der Waals surface area (Å²) in [5.41, 5.74) is 8.51. The van der Waals surface area contributed by atoms with E-state index in [2.05, 4.69) is 20.6 Å². The molecule has 1 amide bonds. The number of amides is 1. The lowest BCUT2D eigenvalue weighted by atomic mass is 9.93. The van der Waals surface area contributed by atoms with Crippen molar-refractivity contribution in [2.24, 2.45) is 5.73 Å². The lowest BCUT2D eigenvalue weighted by Gasteiger charge is -2.33. The number of pyridine rings is 2. The fourth-order valence-corrected chi connectivity index (χ4v) is 5.34. The van der Waals surface area contributed by atoms with Crippen molar-refractivity contribution in [3.8, 4) is 5.75 Å². The second-order valence-corrected chi connectivity index (χ2v) is 9.84. The van der Waals surface area contributed by atoms with Gasteiger partial charge < -0.3 is 25.8 Å². The van der Waals surface area contributed by atoms with E-state index in [4.69, 9.17) is 15.2 Å². The number of methoxy groups -OCH3 is 1. The molecule has 35 heavy (non-hydrogen) atoms. The van der Waals surface area contributed by atoms with Gasteiger partial charge in [-0.25, -0.2) is 14.4 Å². The molecule has 4 heterocycles. The summed E-state index contributed by atoms with van der Waals surface area (Å²) < 4.78 is 26.1. The predicted molar refractivity (Wildman–Crippen MR) is 133 cm³/mol. The van der Waals surface area contributed by atoms with Gasteiger partial charge in [-0.05, 0) is 37.5 Å². The number of nitrogens with two attached hydrogens (primary N) is 1. The van der Waals surface area contributed by atoms with Gasteiger partial charge in [0.1, 0.15) is 22.9 Å². The van der Waals surface area contributed by atoms with E-state index in [9.17, 15) is 9.18 Å². The Labute approximate surface area is 207 Å². The molecule has 1 aromatic carbocycles. The van der Waals surface area contributed by atoms with E-state index in [0.717, 1.165) is 23.4 Å². The number of thioether (sulfide) groups is 1. The summed E-state index contributed by atoms with van der Waals surface area (Å²) in [6, 6.07) is 9.27.